The third-order valence-electron chi connectivity index (χ3n) is 4.48. The van der Waals surface area contributed by atoms with Crippen LogP contribution >= 0.6 is 0 Å². The molecule has 0 radical (unpaired) electrons. The maximum Gasteiger partial charge on any atom is 0.250 e. The minimum Gasteiger partial charge on any atom is -0.501 e. The van der Waals surface area contributed by atoms with E-state index in [1.54, 1.807) is 6.26 Å². The molecule has 2 heterocycles. The van der Waals surface area contributed by atoms with Gasteiger partial charge in [-0.2, -0.15) is 0 Å². The molecule has 2 aliphatic rings. The summed E-state index contributed by atoms with van der Waals surface area (Å²) in [5.41, 5.74) is 2.10. The van der Waals surface area contributed by atoms with Gasteiger partial charge in [0.1, 0.15) is 0 Å². The normalized spacial score (nSPS) is 25.4. The van der Waals surface area contributed by atoms with Gasteiger partial charge in [-0.3, -0.25) is 9.69 Å². The molecule has 1 aromatic carbocycles. The zero-order valence-electron chi connectivity index (χ0n) is 13.1. The lowest BCUT2D eigenvalue weighted by Gasteiger charge is -2.19. The quantitative estimate of drug-likeness (QED) is 0.928. The minimum absolute atomic E-state index is 0.0399. The molecular formula is C18H24N2O2. The van der Waals surface area contributed by atoms with Crippen LogP contribution in [0, 0.1) is 5.92 Å². The molecule has 3 rings (SSSR count). The van der Waals surface area contributed by atoms with Crippen LogP contribution in [0.2, 0.25) is 0 Å². The zero-order valence-corrected chi connectivity index (χ0v) is 13.1. The maximum atomic E-state index is 12.3. The van der Waals surface area contributed by atoms with Gasteiger partial charge in [0.25, 0.3) is 5.91 Å². The fourth-order valence-corrected chi connectivity index (χ4v) is 3.22. The zero-order chi connectivity index (χ0) is 15.4. The number of nitrogens with one attached hydrogen (secondary N) is 1. The number of ether oxygens (including phenoxy) is 1. The van der Waals surface area contributed by atoms with Crippen LogP contribution in [0.15, 0.2) is 42.2 Å². The van der Waals surface area contributed by atoms with Gasteiger partial charge < -0.3 is 10.1 Å². The van der Waals surface area contributed by atoms with E-state index in [-0.39, 0.29) is 11.9 Å². The van der Waals surface area contributed by atoms with Gasteiger partial charge in [-0.1, -0.05) is 37.3 Å². The van der Waals surface area contributed by atoms with Crippen molar-refractivity contribution >= 4 is 5.91 Å². The fourth-order valence-electron chi connectivity index (χ4n) is 3.22. The van der Waals surface area contributed by atoms with Crippen molar-refractivity contribution in [3.8, 4) is 0 Å². The first kappa shape index (κ1) is 15.1. The number of rotatable bonds is 4. The van der Waals surface area contributed by atoms with Gasteiger partial charge in [-0.05, 0) is 24.3 Å². The molecule has 1 fully saturated rings. The van der Waals surface area contributed by atoms with Crippen molar-refractivity contribution < 1.29 is 9.53 Å². The van der Waals surface area contributed by atoms with E-state index in [0.717, 1.165) is 44.7 Å². The van der Waals surface area contributed by atoms with E-state index in [4.69, 9.17) is 4.74 Å². The van der Waals surface area contributed by atoms with Crippen LogP contribution in [0.25, 0.3) is 0 Å². The predicted octanol–water partition coefficient (Wildman–Crippen LogP) is 2.32. The van der Waals surface area contributed by atoms with E-state index < -0.39 is 0 Å². The van der Waals surface area contributed by atoms with Crippen molar-refractivity contribution in [1.29, 1.82) is 0 Å². The average molecular weight is 300 g/mol. The second kappa shape index (κ2) is 6.97. The second-order valence-corrected chi connectivity index (χ2v) is 6.35. The molecule has 2 atom stereocenters. The molecule has 1 saturated heterocycles. The Morgan fingerprint density at radius 2 is 2.14 bits per heavy atom. The van der Waals surface area contributed by atoms with E-state index in [2.05, 4.69) is 41.4 Å². The highest BCUT2D eigenvalue weighted by Crippen LogP contribution is 2.20. The lowest BCUT2D eigenvalue weighted by atomic mass is 10.0. The first-order valence-electron chi connectivity index (χ1n) is 8.10. The molecule has 118 valence electrons. The molecule has 22 heavy (non-hydrogen) atoms. The summed E-state index contributed by atoms with van der Waals surface area (Å²) in [4.78, 5) is 14.7. The van der Waals surface area contributed by atoms with Crippen LogP contribution in [-0.4, -0.2) is 36.5 Å². The monoisotopic (exact) mass is 300 g/mol. The molecule has 0 aromatic heterocycles. The Labute approximate surface area is 132 Å². The Balaban J connectivity index is 1.54. The lowest BCUT2D eigenvalue weighted by molar-refractivity contribution is -0.118. The number of likely N-dealkylation sites (tertiary alicyclic amines) is 1. The summed E-state index contributed by atoms with van der Waals surface area (Å²) >= 11 is 0. The minimum atomic E-state index is 0.0399. The highest BCUT2D eigenvalue weighted by Gasteiger charge is 2.31. The Morgan fingerprint density at radius 3 is 2.86 bits per heavy atom. The Kier molecular flexibility index (Phi) is 4.78. The number of hydrogen-bond acceptors (Lipinski definition) is 3. The lowest BCUT2D eigenvalue weighted by Crippen LogP contribution is -2.40. The van der Waals surface area contributed by atoms with Crippen LogP contribution < -0.4 is 5.32 Å². The van der Waals surface area contributed by atoms with Crippen LogP contribution in [-0.2, 0) is 16.1 Å². The van der Waals surface area contributed by atoms with E-state index in [0.29, 0.717) is 5.92 Å². The Bertz CT molecular complexity index is 541. The standard InChI is InChI=1S/C18H24N2O2/c1-14-10-20(11-15-6-3-2-4-7-15)12-17(14)19-18(21)16-8-5-9-22-13-16/h2-4,6-7,13-14,17H,5,8-12H2,1H3,(H,19,21)/t14-,17+/m1/s1. The third kappa shape index (κ3) is 3.69. The van der Waals surface area contributed by atoms with Gasteiger partial charge in [-0.15, -0.1) is 0 Å². The number of nitrogens with zero attached hydrogens (tertiary/aromatic N) is 1. The van der Waals surface area contributed by atoms with Crippen molar-refractivity contribution in [3.63, 3.8) is 0 Å². The van der Waals surface area contributed by atoms with Crippen molar-refractivity contribution in [3.05, 3.63) is 47.7 Å². The molecule has 4 nitrogen and oxygen atoms in total. The molecule has 4 heteroatoms. The van der Waals surface area contributed by atoms with E-state index in [1.807, 2.05) is 6.07 Å². The Morgan fingerprint density at radius 1 is 1.32 bits per heavy atom. The van der Waals surface area contributed by atoms with Crippen LogP contribution in [0.1, 0.15) is 25.3 Å². The van der Waals surface area contributed by atoms with Gasteiger partial charge in [0.05, 0.1) is 18.4 Å². The maximum absolute atomic E-state index is 12.3. The summed E-state index contributed by atoms with van der Waals surface area (Å²) < 4.78 is 5.26. The highest BCUT2D eigenvalue weighted by atomic mass is 16.5. The van der Waals surface area contributed by atoms with Gasteiger partial charge in [0.15, 0.2) is 0 Å². The molecule has 0 spiro atoms. The molecule has 0 aliphatic carbocycles. The molecule has 1 amide bonds. The second-order valence-electron chi connectivity index (χ2n) is 6.35. The number of benzene rings is 1. The SMILES string of the molecule is C[C@@H]1CN(Cc2ccccc2)C[C@@H]1NC(=O)C1=COCCC1. The first-order valence-corrected chi connectivity index (χ1v) is 8.10. The van der Waals surface area contributed by atoms with E-state index >= 15 is 0 Å². The smallest absolute Gasteiger partial charge is 0.250 e. The largest absolute Gasteiger partial charge is 0.501 e. The molecule has 1 N–H and O–H groups in total. The molecule has 0 bridgehead atoms. The van der Waals surface area contributed by atoms with E-state index in [9.17, 15) is 4.79 Å². The third-order valence-corrected chi connectivity index (χ3v) is 4.48. The van der Waals surface area contributed by atoms with Crippen molar-refractivity contribution in [2.24, 2.45) is 5.92 Å². The number of amides is 1. The summed E-state index contributed by atoms with van der Waals surface area (Å²) in [6.45, 7) is 5.82. The van der Waals surface area contributed by atoms with Gasteiger partial charge in [-0.25, -0.2) is 0 Å². The molecule has 0 saturated carbocycles. The molecule has 2 aliphatic heterocycles. The van der Waals surface area contributed by atoms with E-state index in [1.165, 1.54) is 5.56 Å². The fraction of sp³-hybridized carbons (Fsp3) is 0.500. The number of carbonyl (C=O) groups is 1. The summed E-state index contributed by atoms with van der Waals surface area (Å²) in [6, 6.07) is 10.7. The topological polar surface area (TPSA) is 41.6 Å². The predicted molar refractivity (Wildman–Crippen MR) is 86.1 cm³/mol. The van der Waals surface area contributed by atoms with Crippen molar-refractivity contribution in [2.45, 2.75) is 32.4 Å². The summed E-state index contributed by atoms with van der Waals surface area (Å²) in [6.07, 6.45) is 3.38. The van der Waals surface area contributed by atoms with Gasteiger partial charge in [0.2, 0.25) is 0 Å². The molecule has 1 aromatic rings. The summed E-state index contributed by atoms with van der Waals surface area (Å²) in [5, 5.41) is 3.19. The molecular weight excluding hydrogens is 276 g/mol. The van der Waals surface area contributed by atoms with Crippen LogP contribution in [0.4, 0.5) is 0 Å². The number of hydrogen-bond donors (Lipinski definition) is 1. The number of carbonyl (C=O) groups excluding carboxylic acids is 1. The Hall–Kier alpha value is -1.81. The van der Waals surface area contributed by atoms with Crippen molar-refractivity contribution in [2.75, 3.05) is 19.7 Å². The average Bonchev–Trinajstić information content (AvgIpc) is 2.88. The first-order chi connectivity index (χ1) is 10.7. The summed E-state index contributed by atoms with van der Waals surface area (Å²) in [5.74, 6) is 0.510. The highest BCUT2D eigenvalue weighted by molar-refractivity contribution is 5.93. The van der Waals surface area contributed by atoms with Crippen LogP contribution in [0.3, 0.4) is 0 Å². The summed E-state index contributed by atoms with van der Waals surface area (Å²) in [7, 11) is 0. The van der Waals surface area contributed by atoms with Crippen LogP contribution in [0.5, 0.6) is 0 Å². The van der Waals surface area contributed by atoms with Gasteiger partial charge >= 0.3 is 0 Å². The molecule has 0 unspecified atom stereocenters. The van der Waals surface area contributed by atoms with Crippen molar-refractivity contribution in [1.82, 2.24) is 10.2 Å². The van der Waals surface area contributed by atoms with Gasteiger partial charge in [0, 0.05) is 25.7 Å².